The normalized spacial score (nSPS) is 10.8. The lowest BCUT2D eigenvalue weighted by molar-refractivity contribution is -0.113. The number of carbonyl (C=O) groups excluding carboxylic acids is 1. The number of aromatic nitrogens is 2. The molecule has 2 aromatic carbocycles. The summed E-state index contributed by atoms with van der Waals surface area (Å²) >= 11 is 7.42. The molecule has 1 heterocycles. The molecule has 2 N–H and O–H groups in total. The van der Waals surface area contributed by atoms with Gasteiger partial charge in [-0.1, -0.05) is 41.6 Å². The maximum Gasteiger partial charge on any atom is 0.234 e. The number of nitrogens with one attached hydrogen (secondary N) is 2. The highest BCUT2D eigenvalue weighted by atomic mass is 35.5. The Bertz CT molecular complexity index is 798. The number of hydrogen-bond donors (Lipinski definition) is 2. The smallest absolute Gasteiger partial charge is 0.234 e. The first-order valence-corrected chi connectivity index (χ1v) is 8.12. The van der Waals surface area contributed by atoms with Crippen molar-refractivity contribution in [3.05, 3.63) is 53.1 Å². The zero-order valence-electron chi connectivity index (χ0n) is 11.9. The fourth-order valence-electron chi connectivity index (χ4n) is 2.06. The summed E-state index contributed by atoms with van der Waals surface area (Å²) in [6.45, 7) is 1.88. The predicted octanol–water partition coefficient (Wildman–Crippen LogP) is 4.26. The SMILES string of the molecule is Cc1c(Cl)cccc1NC(=O)CSc1nc2ccccc2[nH]1. The van der Waals surface area contributed by atoms with Crippen LogP contribution in [0.4, 0.5) is 5.69 Å². The van der Waals surface area contributed by atoms with Crippen LogP contribution >= 0.6 is 23.4 Å². The van der Waals surface area contributed by atoms with Gasteiger partial charge in [-0.15, -0.1) is 0 Å². The molecule has 6 heteroatoms. The van der Waals surface area contributed by atoms with Crippen molar-refractivity contribution in [1.29, 1.82) is 0 Å². The van der Waals surface area contributed by atoms with Crippen LogP contribution in [0.15, 0.2) is 47.6 Å². The molecule has 0 aliphatic rings. The van der Waals surface area contributed by atoms with Crippen LogP contribution in [-0.2, 0) is 4.79 Å². The summed E-state index contributed by atoms with van der Waals surface area (Å²) in [5.74, 6) is 0.196. The van der Waals surface area contributed by atoms with Gasteiger partial charge in [-0.25, -0.2) is 4.98 Å². The Hall–Kier alpha value is -1.98. The van der Waals surface area contributed by atoms with Crippen molar-refractivity contribution in [3.63, 3.8) is 0 Å². The second kappa shape index (κ2) is 6.42. The first kappa shape index (κ1) is 14.9. The number of halogens is 1. The number of fused-ring (bicyclic) bond motifs is 1. The third kappa shape index (κ3) is 3.26. The first-order chi connectivity index (χ1) is 10.6. The van der Waals surface area contributed by atoms with Gasteiger partial charge in [0.05, 0.1) is 16.8 Å². The summed E-state index contributed by atoms with van der Waals surface area (Å²) in [7, 11) is 0. The fourth-order valence-corrected chi connectivity index (χ4v) is 2.92. The van der Waals surface area contributed by atoms with E-state index in [1.165, 1.54) is 11.8 Å². The quantitative estimate of drug-likeness (QED) is 0.702. The number of amides is 1. The lowest BCUT2D eigenvalue weighted by Crippen LogP contribution is -2.15. The molecular formula is C16H14ClN3OS. The van der Waals surface area contributed by atoms with E-state index in [2.05, 4.69) is 15.3 Å². The Morgan fingerprint density at radius 2 is 2.09 bits per heavy atom. The molecule has 0 aliphatic heterocycles. The third-order valence-corrected chi connectivity index (χ3v) is 4.53. The van der Waals surface area contributed by atoms with E-state index in [-0.39, 0.29) is 11.7 Å². The largest absolute Gasteiger partial charge is 0.333 e. The monoisotopic (exact) mass is 331 g/mol. The molecule has 4 nitrogen and oxygen atoms in total. The molecule has 22 heavy (non-hydrogen) atoms. The Balaban J connectivity index is 1.63. The van der Waals surface area contributed by atoms with E-state index in [0.717, 1.165) is 27.4 Å². The van der Waals surface area contributed by atoms with Crippen molar-refractivity contribution < 1.29 is 4.79 Å². The second-order valence-electron chi connectivity index (χ2n) is 4.81. The van der Waals surface area contributed by atoms with Gasteiger partial charge in [0, 0.05) is 10.7 Å². The molecule has 1 amide bonds. The Labute approximate surface area is 137 Å². The van der Waals surface area contributed by atoms with Crippen molar-refractivity contribution in [3.8, 4) is 0 Å². The number of aromatic amines is 1. The second-order valence-corrected chi connectivity index (χ2v) is 6.18. The molecule has 0 atom stereocenters. The molecule has 0 spiro atoms. The van der Waals surface area contributed by atoms with E-state index < -0.39 is 0 Å². The highest BCUT2D eigenvalue weighted by Crippen LogP contribution is 2.24. The van der Waals surface area contributed by atoms with Crippen molar-refractivity contribution in [2.24, 2.45) is 0 Å². The van der Waals surface area contributed by atoms with Crippen LogP contribution in [0.25, 0.3) is 11.0 Å². The number of nitrogens with zero attached hydrogens (tertiary/aromatic N) is 1. The number of para-hydroxylation sites is 2. The van der Waals surface area contributed by atoms with Crippen LogP contribution < -0.4 is 5.32 Å². The average Bonchev–Trinajstić information content (AvgIpc) is 2.93. The standard InChI is InChI=1S/C16H14ClN3OS/c1-10-11(17)5-4-8-12(10)18-15(21)9-22-16-19-13-6-2-3-7-14(13)20-16/h2-8H,9H2,1H3,(H,18,21)(H,19,20). The van der Waals surface area contributed by atoms with E-state index in [1.54, 1.807) is 6.07 Å². The van der Waals surface area contributed by atoms with Gasteiger partial charge in [-0.2, -0.15) is 0 Å². The number of benzene rings is 2. The van der Waals surface area contributed by atoms with Crippen LogP contribution in [0.5, 0.6) is 0 Å². The van der Waals surface area contributed by atoms with Gasteiger partial charge in [-0.3, -0.25) is 4.79 Å². The van der Waals surface area contributed by atoms with Gasteiger partial charge in [0.15, 0.2) is 5.16 Å². The number of rotatable bonds is 4. The van der Waals surface area contributed by atoms with Gasteiger partial charge in [0.1, 0.15) is 0 Å². The minimum atomic E-state index is -0.0872. The van der Waals surface area contributed by atoms with Gasteiger partial charge in [0.2, 0.25) is 5.91 Å². The molecule has 0 radical (unpaired) electrons. The van der Waals surface area contributed by atoms with Crippen molar-refractivity contribution >= 4 is 46.0 Å². The molecule has 0 bridgehead atoms. The molecule has 3 aromatic rings. The van der Waals surface area contributed by atoms with E-state index in [0.29, 0.717) is 5.02 Å². The van der Waals surface area contributed by atoms with E-state index in [1.807, 2.05) is 43.3 Å². The minimum absolute atomic E-state index is 0.0872. The molecule has 0 unspecified atom stereocenters. The van der Waals surface area contributed by atoms with Gasteiger partial charge < -0.3 is 10.3 Å². The van der Waals surface area contributed by atoms with Crippen LogP contribution in [0.2, 0.25) is 5.02 Å². The summed E-state index contributed by atoms with van der Waals surface area (Å²) in [4.78, 5) is 19.7. The van der Waals surface area contributed by atoms with Crippen LogP contribution in [-0.4, -0.2) is 21.6 Å². The molecule has 3 rings (SSSR count). The molecule has 112 valence electrons. The zero-order chi connectivity index (χ0) is 15.5. The van der Waals surface area contributed by atoms with Crippen LogP contribution in [0, 0.1) is 6.92 Å². The molecular weight excluding hydrogens is 318 g/mol. The maximum atomic E-state index is 12.0. The number of H-pyrrole nitrogens is 1. The highest BCUT2D eigenvalue weighted by molar-refractivity contribution is 7.99. The van der Waals surface area contributed by atoms with Gasteiger partial charge in [-0.05, 0) is 36.8 Å². The highest BCUT2D eigenvalue weighted by Gasteiger charge is 2.09. The molecule has 0 fully saturated rings. The summed E-state index contributed by atoms with van der Waals surface area (Å²) in [6.07, 6.45) is 0. The number of anilines is 1. The maximum absolute atomic E-state index is 12.0. The Kier molecular flexibility index (Phi) is 4.36. The topological polar surface area (TPSA) is 57.8 Å². The summed E-state index contributed by atoms with van der Waals surface area (Å²) in [5, 5.41) is 4.25. The van der Waals surface area contributed by atoms with Gasteiger partial charge in [0.25, 0.3) is 0 Å². The average molecular weight is 332 g/mol. The number of imidazole rings is 1. The summed E-state index contributed by atoms with van der Waals surface area (Å²) < 4.78 is 0. The predicted molar refractivity (Wildman–Crippen MR) is 91.6 cm³/mol. The van der Waals surface area contributed by atoms with E-state index in [9.17, 15) is 4.79 Å². The summed E-state index contributed by atoms with van der Waals surface area (Å²) in [5.41, 5.74) is 3.47. The molecule has 0 saturated carbocycles. The molecule has 1 aromatic heterocycles. The number of thioether (sulfide) groups is 1. The van der Waals surface area contributed by atoms with E-state index >= 15 is 0 Å². The lowest BCUT2D eigenvalue weighted by Gasteiger charge is -2.08. The minimum Gasteiger partial charge on any atom is -0.333 e. The van der Waals surface area contributed by atoms with Crippen LogP contribution in [0.3, 0.4) is 0 Å². The van der Waals surface area contributed by atoms with Crippen molar-refractivity contribution in [1.82, 2.24) is 9.97 Å². The first-order valence-electron chi connectivity index (χ1n) is 6.76. The van der Waals surface area contributed by atoms with E-state index in [4.69, 9.17) is 11.6 Å². The van der Waals surface area contributed by atoms with Crippen LogP contribution in [0.1, 0.15) is 5.56 Å². The molecule has 0 aliphatic carbocycles. The van der Waals surface area contributed by atoms with Crippen molar-refractivity contribution in [2.45, 2.75) is 12.1 Å². The zero-order valence-corrected chi connectivity index (χ0v) is 13.5. The fraction of sp³-hybridized carbons (Fsp3) is 0.125. The summed E-state index contributed by atoms with van der Waals surface area (Å²) in [6, 6.07) is 13.2. The van der Waals surface area contributed by atoms with Crippen molar-refractivity contribution in [2.75, 3.05) is 11.1 Å². The third-order valence-electron chi connectivity index (χ3n) is 3.25. The number of hydrogen-bond acceptors (Lipinski definition) is 3. The molecule has 0 saturated heterocycles. The number of carbonyl (C=O) groups is 1. The Morgan fingerprint density at radius 3 is 2.91 bits per heavy atom. The van der Waals surface area contributed by atoms with Gasteiger partial charge >= 0.3 is 0 Å². The lowest BCUT2D eigenvalue weighted by atomic mass is 10.2. The Morgan fingerprint density at radius 1 is 1.27 bits per heavy atom.